The molecule has 2 aromatic rings. The van der Waals surface area contributed by atoms with Crippen LogP contribution in [0.3, 0.4) is 0 Å². The summed E-state index contributed by atoms with van der Waals surface area (Å²) in [5.74, 6) is 0. The number of thiophene rings is 1. The van der Waals surface area contributed by atoms with Crippen molar-refractivity contribution in [2.75, 3.05) is 13.1 Å². The summed E-state index contributed by atoms with van der Waals surface area (Å²) < 4.78 is 0.927. The summed E-state index contributed by atoms with van der Waals surface area (Å²) in [6, 6.07) is 9.84. The number of hydrogen-bond donors (Lipinski definition) is 1. The molecule has 0 bridgehead atoms. The Bertz CT molecular complexity index is 561. The van der Waals surface area contributed by atoms with Crippen LogP contribution in [0.25, 0.3) is 0 Å². The monoisotopic (exact) mass is 387 g/mol. The van der Waals surface area contributed by atoms with Gasteiger partial charge in [0.1, 0.15) is 0 Å². The number of aliphatic hydroxyl groups is 1. The van der Waals surface area contributed by atoms with Gasteiger partial charge < -0.3 is 5.11 Å². The molecule has 1 heterocycles. The van der Waals surface area contributed by atoms with Crippen LogP contribution in [-0.4, -0.2) is 23.1 Å². The maximum atomic E-state index is 10.3. The van der Waals surface area contributed by atoms with Crippen LogP contribution in [0.4, 0.5) is 0 Å². The van der Waals surface area contributed by atoms with Crippen molar-refractivity contribution in [3.05, 3.63) is 55.6 Å². The smallest absolute Gasteiger partial charge is 0.0816 e. The summed E-state index contributed by atoms with van der Waals surface area (Å²) in [5, 5.41) is 13.0. The van der Waals surface area contributed by atoms with Crippen LogP contribution in [0.1, 0.15) is 29.9 Å². The van der Waals surface area contributed by atoms with E-state index in [0.717, 1.165) is 29.7 Å². The molecule has 1 unspecified atom stereocenters. The lowest BCUT2D eigenvalue weighted by Gasteiger charge is -2.22. The molecule has 0 saturated carbocycles. The Morgan fingerprint density at radius 3 is 2.81 bits per heavy atom. The first-order chi connectivity index (χ1) is 10.1. The molecule has 0 aliphatic rings. The third kappa shape index (κ3) is 5.08. The molecule has 21 heavy (non-hydrogen) atoms. The van der Waals surface area contributed by atoms with Crippen molar-refractivity contribution >= 4 is 38.9 Å². The maximum Gasteiger partial charge on any atom is 0.0816 e. The topological polar surface area (TPSA) is 23.5 Å². The second kappa shape index (κ2) is 8.30. The summed E-state index contributed by atoms with van der Waals surface area (Å²) in [6.07, 6.45) is 0.156. The highest BCUT2D eigenvalue weighted by molar-refractivity contribution is 9.10. The molecule has 2 nitrogen and oxygen atoms in total. The van der Waals surface area contributed by atoms with E-state index in [4.69, 9.17) is 11.6 Å². The van der Waals surface area contributed by atoms with Gasteiger partial charge in [-0.25, -0.2) is 0 Å². The van der Waals surface area contributed by atoms with Gasteiger partial charge >= 0.3 is 0 Å². The molecule has 1 aromatic carbocycles. The van der Waals surface area contributed by atoms with Crippen molar-refractivity contribution in [3.63, 3.8) is 0 Å². The SMILES string of the molecule is CCN(CCC(O)c1ccc(Br)cc1Cl)Cc1cccs1. The number of hydrogen-bond acceptors (Lipinski definition) is 3. The molecular weight excluding hydrogens is 370 g/mol. The minimum Gasteiger partial charge on any atom is -0.388 e. The average Bonchev–Trinajstić information content (AvgIpc) is 2.96. The first-order valence-corrected chi connectivity index (χ1v) is 9.03. The van der Waals surface area contributed by atoms with Gasteiger partial charge in [-0.3, -0.25) is 4.90 Å². The van der Waals surface area contributed by atoms with Crippen LogP contribution < -0.4 is 0 Å². The molecule has 114 valence electrons. The zero-order chi connectivity index (χ0) is 15.2. The molecule has 0 spiro atoms. The predicted octanol–water partition coefficient (Wildman–Crippen LogP) is 5.11. The molecule has 0 radical (unpaired) electrons. The molecule has 1 N–H and O–H groups in total. The highest BCUT2D eigenvalue weighted by Gasteiger charge is 2.14. The number of halogens is 2. The van der Waals surface area contributed by atoms with Gasteiger partial charge in [0.05, 0.1) is 6.10 Å². The van der Waals surface area contributed by atoms with E-state index < -0.39 is 6.10 Å². The van der Waals surface area contributed by atoms with E-state index in [-0.39, 0.29) is 0 Å². The van der Waals surface area contributed by atoms with E-state index in [9.17, 15) is 5.11 Å². The lowest BCUT2D eigenvalue weighted by molar-refractivity contribution is 0.142. The van der Waals surface area contributed by atoms with Crippen molar-refractivity contribution in [2.45, 2.75) is 26.0 Å². The number of aliphatic hydroxyl groups excluding tert-OH is 1. The molecule has 0 fully saturated rings. The van der Waals surface area contributed by atoms with E-state index in [1.165, 1.54) is 4.88 Å². The highest BCUT2D eigenvalue weighted by atomic mass is 79.9. The van der Waals surface area contributed by atoms with Crippen molar-refractivity contribution in [1.29, 1.82) is 0 Å². The molecule has 1 atom stereocenters. The first-order valence-electron chi connectivity index (χ1n) is 6.98. The fraction of sp³-hybridized carbons (Fsp3) is 0.375. The quantitative estimate of drug-likeness (QED) is 0.712. The van der Waals surface area contributed by atoms with Crippen molar-refractivity contribution in [3.8, 4) is 0 Å². The third-order valence-electron chi connectivity index (χ3n) is 3.45. The molecule has 1 aromatic heterocycles. The molecule has 0 amide bonds. The van der Waals surface area contributed by atoms with Gasteiger partial charge in [0.2, 0.25) is 0 Å². The zero-order valence-electron chi connectivity index (χ0n) is 11.9. The summed E-state index contributed by atoms with van der Waals surface area (Å²) in [4.78, 5) is 3.69. The molecule has 5 heteroatoms. The Labute approximate surface area is 143 Å². The Kier molecular flexibility index (Phi) is 6.71. The van der Waals surface area contributed by atoms with Crippen LogP contribution in [0.5, 0.6) is 0 Å². The zero-order valence-corrected chi connectivity index (χ0v) is 15.1. The third-order valence-corrected chi connectivity index (χ3v) is 5.13. The van der Waals surface area contributed by atoms with E-state index in [2.05, 4.69) is 45.3 Å². The molecule has 2 rings (SSSR count). The van der Waals surface area contributed by atoms with E-state index in [1.807, 2.05) is 18.2 Å². The minimum absolute atomic E-state index is 0.525. The van der Waals surface area contributed by atoms with Crippen molar-refractivity contribution in [1.82, 2.24) is 4.90 Å². The fourth-order valence-electron chi connectivity index (χ4n) is 2.20. The van der Waals surface area contributed by atoms with Crippen molar-refractivity contribution < 1.29 is 5.11 Å². The molecular formula is C16H19BrClNOS. The molecule has 0 aliphatic carbocycles. The molecule has 0 saturated heterocycles. The van der Waals surface area contributed by atoms with Crippen LogP contribution >= 0.6 is 38.9 Å². The van der Waals surface area contributed by atoms with Crippen LogP contribution in [-0.2, 0) is 6.54 Å². The Balaban J connectivity index is 1.91. The van der Waals surface area contributed by atoms with Gasteiger partial charge in [-0.05, 0) is 42.1 Å². The lowest BCUT2D eigenvalue weighted by Crippen LogP contribution is -2.25. The lowest BCUT2D eigenvalue weighted by atomic mass is 10.1. The second-order valence-corrected chi connectivity index (χ2v) is 7.27. The van der Waals surface area contributed by atoms with Gasteiger partial charge in [-0.15, -0.1) is 11.3 Å². The number of benzene rings is 1. The highest BCUT2D eigenvalue weighted by Crippen LogP contribution is 2.28. The van der Waals surface area contributed by atoms with Gasteiger partial charge in [0.25, 0.3) is 0 Å². The Hall–Kier alpha value is -0.390. The average molecular weight is 389 g/mol. The van der Waals surface area contributed by atoms with E-state index >= 15 is 0 Å². The van der Waals surface area contributed by atoms with Gasteiger partial charge in [-0.1, -0.05) is 46.6 Å². The number of nitrogens with zero attached hydrogens (tertiary/aromatic N) is 1. The summed E-state index contributed by atoms with van der Waals surface area (Å²) in [7, 11) is 0. The van der Waals surface area contributed by atoms with Crippen LogP contribution in [0, 0.1) is 0 Å². The largest absolute Gasteiger partial charge is 0.388 e. The maximum absolute atomic E-state index is 10.3. The second-order valence-electron chi connectivity index (χ2n) is 4.92. The normalized spacial score (nSPS) is 12.8. The van der Waals surface area contributed by atoms with Gasteiger partial charge in [-0.2, -0.15) is 0 Å². The fourth-order valence-corrected chi connectivity index (χ4v) is 3.75. The predicted molar refractivity (Wildman–Crippen MR) is 94.0 cm³/mol. The summed E-state index contributed by atoms with van der Waals surface area (Å²) in [5.41, 5.74) is 0.798. The summed E-state index contributed by atoms with van der Waals surface area (Å²) >= 11 is 11.3. The van der Waals surface area contributed by atoms with Crippen molar-refractivity contribution in [2.24, 2.45) is 0 Å². The van der Waals surface area contributed by atoms with Gasteiger partial charge in [0.15, 0.2) is 0 Å². The Morgan fingerprint density at radius 1 is 1.38 bits per heavy atom. The van der Waals surface area contributed by atoms with E-state index in [0.29, 0.717) is 11.4 Å². The minimum atomic E-state index is -0.525. The van der Waals surface area contributed by atoms with Crippen LogP contribution in [0.2, 0.25) is 5.02 Å². The molecule has 0 aliphatic heterocycles. The van der Waals surface area contributed by atoms with E-state index in [1.54, 1.807) is 11.3 Å². The van der Waals surface area contributed by atoms with Crippen LogP contribution in [0.15, 0.2) is 40.2 Å². The Morgan fingerprint density at radius 2 is 2.19 bits per heavy atom. The van der Waals surface area contributed by atoms with Gasteiger partial charge in [0, 0.05) is 27.5 Å². The first kappa shape index (κ1) is 17.0. The standard InChI is InChI=1S/C16H19BrClNOS/c1-2-19(11-13-4-3-9-21-13)8-7-16(20)14-6-5-12(17)10-15(14)18/h3-6,9-10,16,20H,2,7-8,11H2,1H3. The summed E-state index contributed by atoms with van der Waals surface area (Å²) in [6.45, 7) is 4.90. The number of rotatable bonds is 7.